The van der Waals surface area contributed by atoms with Crippen LogP contribution in [0.1, 0.15) is 35.3 Å². The van der Waals surface area contributed by atoms with Gasteiger partial charge in [-0.05, 0) is 47.9 Å². The maximum Gasteiger partial charge on any atom is 0.0834 e. The number of hydrogen-bond acceptors (Lipinski definition) is 4. The Labute approximate surface area is 137 Å². The van der Waals surface area contributed by atoms with Crippen molar-refractivity contribution in [1.82, 2.24) is 4.98 Å². The summed E-state index contributed by atoms with van der Waals surface area (Å²) in [6.45, 7) is 0. The van der Waals surface area contributed by atoms with Crippen LogP contribution in [0.3, 0.4) is 0 Å². The molecule has 0 saturated carbocycles. The van der Waals surface area contributed by atoms with Crippen LogP contribution in [0, 0.1) is 0 Å². The minimum absolute atomic E-state index is 0.239. The van der Waals surface area contributed by atoms with Gasteiger partial charge in [0.25, 0.3) is 0 Å². The molecule has 0 unspecified atom stereocenters. The van der Waals surface area contributed by atoms with Crippen LogP contribution in [0.4, 0.5) is 5.69 Å². The number of thiophene rings is 1. The van der Waals surface area contributed by atoms with Crippen molar-refractivity contribution in [2.24, 2.45) is 0 Å². The Bertz CT molecular complexity index is 844. The molecule has 2 atom stereocenters. The quantitative estimate of drug-likeness (QED) is 0.699. The standard InChI is InChI=1S/C17H15ClN2OS/c18-11-3-1-9(2-4-11)10-7-13-15(14(21)8-10)16(19)17-12(20-13)5-6-22-17/h1-6,10,14,21H,7-8H2,(H2,19,20)/t10-,14-/m0/s1. The molecule has 0 aliphatic heterocycles. The number of nitrogen functional groups attached to an aromatic ring is 1. The molecule has 0 spiro atoms. The number of benzene rings is 1. The second-order valence-electron chi connectivity index (χ2n) is 5.72. The van der Waals surface area contributed by atoms with Crippen molar-refractivity contribution < 1.29 is 5.11 Å². The third-order valence-electron chi connectivity index (χ3n) is 4.37. The molecule has 0 bridgehead atoms. The zero-order chi connectivity index (χ0) is 15.3. The van der Waals surface area contributed by atoms with E-state index in [2.05, 4.69) is 0 Å². The summed E-state index contributed by atoms with van der Waals surface area (Å²) in [7, 11) is 0. The highest BCUT2D eigenvalue weighted by atomic mass is 35.5. The number of hydrogen-bond donors (Lipinski definition) is 2. The zero-order valence-electron chi connectivity index (χ0n) is 11.8. The lowest BCUT2D eigenvalue weighted by atomic mass is 9.80. The lowest BCUT2D eigenvalue weighted by Crippen LogP contribution is -2.20. The number of aromatic nitrogens is 1. The average Bonchev–Trinajstić information content (AvgIpc) is 2.96. The smallest absolute Gasteiger partial charge is 0.0834 e. The van der Waals surface area contributed by atoms with Gasteiger partial charge in [0.05, 0.1) is 22.0 Å². The van der Waals surface area contributed by atoms with Crippen molar-refractivity contribution in [1.29, 1.82) is 0 Å². The molecule has 3 aromatic rings. The van der Waals surface area contributed by atoms with E-state index in [1.165, 1.54) is 5.56 Å². The van der Waals surface area contributed by atoms with Crippen LogP contribution in [0.2, 0.25) is 5.02 Å². The fraction of sp³-hybridized carbons (Fsp3) is 0.235. The molecule has 1 aliphatic carbocycles. The number of anilines is 1. The molecule has 2 heterocycles. The van der Waals surface area contributed by atoms with Gasteiger partial charge in [-0.25, -0.2) is 0 Å². The number of fused-ring (bicyclic) bond motifs is 2. The van der Waals surface area contributed by atoms with Crippen molar-refractivity contribution in [2.45, 2.75) is 24.9 Å². The fourth-order valence-corrected chi connectivity index (χ4v) is 4.23. The van der Waals surface area contributed by atoms with Crippen molar-refractivity contribution in [2.75, 3.05) is 5.73 Å². The number of nitrogens with zero attached hydrogens (tertiary/aromatic N) is 1. The molecular weight excluding hydrogens is 316 g/mol. The topological polar surface area (TPSA) is 59.1 Å². The molecule has 0 radical (unpaired) electrons. The Morgan fingerprint density at radius 3 is 2.77 bits per heavy atom. The van der Waals surface area contributed by atoms with E-state index in [1.807, 2.05) is 35.7 Å². The van der Waals surface area contributed by atoms with E-state index in [0.29, 0.717) is 12.1 Å². The van der Waals surface area contributed by atoms with Crippen LogP contribution >= 0.6 is 22.9 Å². The summed E-state index contributed by atoms with van der Waals surface area (Å²) in [6.07, 6.45) is 0.893. The van der Waals surface area contributed by atoms with E-state index in [0.717, 1.165) is 32.9 Å². The van der Waals surface area contributed by atoms with Crippen LogP contribution < -0.4 is 5.73 Å². The molecule has 22 heavy (non-hydrogen) atoms. The summed E-state index contributed by atoms with van der Waals surface area (Å²) < 4.78 is 0.975. The third-order valence-corrected chi connectivity index (χ3v) is 5.56. The number of halogens is 1. The van der Waals surface area contributed by atoms with Gasteiger partial charge < -0.3 is 10.8 Å². The minimum atomic E-state index is -0.566. The van der Waals surface area contributed by atoms with Crippen LogP contribution in [-0.2, 0) is 6.42 Å². The van der Waals surface area contributed by atoms with Crippen molar-refractivity contribution in [3.8, 4) is 0 Å². The monoisotopic (exact) mass is 330 g/mol. The van der Waals surface area contributed by atoms with Gasteiger partial charge in [0, 0.05) is 16.3 Å². The lowest BCUT2D eigenvalue weighted by Gasteiger charge is -2.29. The Morgan fingerprint density at radius 2 is 2.00 bits per heavy atom. The predicted molar refractivity (Wildman–Crippen MR) is 91.5 cm³/mol. The molecule has 2 aromatic heterocycles. The molecule has 3 nitrogen and oxygen atoms in total. The highest BCUT2D eigenvalue weighted by Crippen LogP contribution is 2.43. The highest BCUT2D eigenvalue weighted by Gasteiger charge is 2.30. The van der Waals surface area contributed by atoms with Crippen LogP contribution in [0.15, 0.2) is 35.7 Å². The second-order valence-corrected chi connectivity index (χ2v) is 7.08. The summed E-state index contributed by atoms with van der Waals surface area (Å²) in [5.74, 6) is 0.239. The van der Waals surface area contributed by atoms with E-state index in [1.54, 1.807) is 11.3 Å². The lowest BCUT2D eigenvalue weighted by molar-refractivity contribution is 0.147. The Balaban J connectivity index is 1.79. The molecule has 0 saturated heterocycles. The summed E-state index contributed by atoms with van der Waals surface area (Å²) in [5, 5.41) is 13.3. The maximum atomic E-state index is 10.6. The molecule has 5 heteroatoms. The van der Waals surface area contributed by atoms with Gasteiger partial charge in [0.1, 0.15) is 0 Å². The SMILES string of the molecule is Nc1c2c(nc3ccsc13)C[C@H](c1ccc(Cl)cc1)C[C@@H]2O. The van der Waals surface area contributed by atoms with Crippen LogP contribution in [0.5, 0.6) is 0 Å². The van der Waals surface area contributed by atoms with Crippen molar-refractivity contribution in [3.63, 3.8) is 0 Å². The number of aliphatic hydroxyl groups excluding tert-OH is 1. The second kappa shape index (κ2) is 5.23. The normalized spacial score (nSPS) is 21.0. The summed E-state index contributed by atoms with van der Waals surface area (Å²) in [6, 6.07) is 9.81. The molecule has 112 valence electrons. The summed E-state index contributed by atoms with van der Waals surface area (Å²) in [4.78, 5) is 4.72. The molecule has 1 aliphatic rings. The average molecular weight is 331 g/mol. The first-order valence-electron chi connectivity index (χ1n) is 7.22. The van der Waals surface area contributed by atoms with E-state index >= 15 is 0 Å². The molecule has 1 aromatic carbocycles. The molecule has 0 amide bonds. The Hall–Kier alpha value is -1.62. The summed E-state index contributed by atoms with van der Waals surface area (Å²) >= 11 is 7.53. The zero-order valence-corrected chi connectivity index (χ0v) is 13.4. The first kappa shape index (κ1) is 14.0. The van der Waals surface area contributed by atoms with Gasteiger partial charge in [-0.1, -0.05) is 23.7 Å². The minimum Gasteiger partial charge on any atom is -0.397 e. The van der Waals surface area contributed by atoms with Gasteiger partial charge in [-0.2, -0.15) is 0 Å². The number of pyridine rings is 1. The third kappa shape index (κ3) is 2.19. The van der Waals surface area contributed by atoms with Gasteiger partial charge in [-0.15, -0.1) is 11.3 Å². The molecule has 0 fully saturated rings. The number of rotatable bonds is 1. The van der Waals surface area contributed by atoms with E-state index < -0.39 is 6.10 Å². The number of aliphatic hydroxyl groups is 1. The first-order valence-corrected chi connectivity index (χ1v) is 8.48. The highest BCUT2D eigenvalue weighted by molar-refractivity contribution is 7.17. The first-order chi connectivity index (χ1) is 10.6. The largest absolute Gasteiger partial charge is 0.397 e. The fourth-order valence-electron chi connectivity index (χ4n) is 3.30. The Morgan fingerprint density at radius 1 is 1.23 bits per heavy atom. The van der Waals surface area contributed by atoms with Gasteiger partial charge in [0.2, 0.25) is 0 Å². The molecule has 4 rings (SSSR count). The molecular formula is C17H15ClN2OS. The summed E-state index contributed by atoms with van der Waals surface area (Å²) in [5.41, 5.74) is 10.8. The van der Waals surface area contributed by atoms with E-state index in [4.69, 9.17) is 22.3 Å². The van der Waals surface area contributed by atoms with Crippen LogP contribution in [-0.4, -0.2) is 10.1 Å². The van der Waals surface area contributed by atoms with Crippen molar-refractivity contribution in [3.05, 3.63) is 57.6 Å². The van der Waals surface area contributed by atoms with E-state index in [-0.39, 0.29) is 5.92 Å². The predicted octanol–water partition coefficient (Wildman–Crippen LogP) is 4.30. The van der Waals surface area contributed by atoms with Gasteiger partial charge >= 0.3 is 0 Å². The number of nitrogens with two attached hydrogens (primary N) is 1. The van der Waals surface area contributed by atoms with Crippen LogP contribution in [0.25, 0.3) is 10.2 Å². The Kier molecular flexibility index (Phi) is 3.33. The van der Waals surface area contributed by atoms with Gasteiger partial charge in [0.15, 0.2) is 0 Å². The van der Waals surface area contributed by atoms with E-state index in [9.17, 15) is 5.11 Å². The van der Waals surface area contributed by atoms with Gasteiger partial charge in [-0.3, -0.25) is 4.98 Å². The maximum absolute atomic E-state index is 10.6. The molecule has 3 N–H and O–H groups in total. The van der Waals surface area contributed by atoms with Crippen molar-refractivity contribution >= 4 is 38.8 Å².